The second kappa shape index (κ2) is 5.02. The van der Waals surface area contributed by atoms with E-state index < -0.39 is 17.8 Å². The molecule has 0 radical (unpaired) electrons. The van der Waals surface area contributed by atoms with Crippen LogP contribution in [0.25, 0.3) is 0 Å². The van der Waals surface area contributed by atoms with Gasteiger partial charge in [0.05, 0.1) is 16.6 Å². The molecule has 19 heavy (non-hydrogen) atoms. The van der Waals surface area contributed by atoms with Gasteiger partial charge in [0.25, 0.3) is 0 Å². The molecule has 1 aromatic carbocycles. The van der Waals surface area contributed by atoms with Gasteiger partial charge in [0.2, 0.25) is 5.91 Å². The molecule has 2 N–H and O–H groups in total. The summed E-state index contributed by atoms with van der Waals surface area (Å²) in [6.45, 7) is 0.367. The van der Waals surface area contributed by atoms with Gasteiger partial charge in [-0.15, -0.1) is 0 Å². The minimum atomic E-state index is -4.55. The number of nitrogens with two attached hydrogens (primary N) is 1. The van der Waals surface area contributed by atoms with Crippen molar-refractivity contribution in [3.8, 4) is 0 Å². The van der Waals surface area contributed by atoms with Crippen molar-refractivity contribution >= 4 is 23.2 Å². The third kappa shape index (κ3) is 2.84. The Bertz CT molecular complexity index is 504. The van der Waals surface area contributed by atoms with Gasteiger partial charge in [0.15, 0.2) is 0 Å². The number of alkyl halides is 3. The Morgan fingerprint density at radius 2 is 2.05 bits per heavy atom. The Kier molecular flexibility index (Phi) is 3.73. The van der Waals surface area contributed by atoms with E-state index in [1.807, 2.05) is 0 Å². The Morgan fingerprint density at radius 1 is 1.37 bits per heavy atom. The lowest BCUT2D eigenvalue weighted by Crippen LogP contribution is -2.48. The first-order chi connectivity index (χ1) is 8.80. The predicted molar refractivity (Wildman–Crippen MR) is 66.0 cm³/mol. The molecule has 0 bridgehead atoms. The molecule has 0 aliphatic carbocycles. The van der Waals surface area contributed by atoms with Gasteiger partial charge in [-0.2, -0.15) is 13.2 Å². The van der Waals surface area contributed by atoms with Crippen molar-refractivity contribution in [2.24, 2.45) is 5.73 Å². The SMILES string of the molecule is NC1CCCN(c2ccc(Cl)c(C(F)(F)F)c2)C1=O. The number of hydrogen-bond donors (Lipinski definition) is 1. The van der Waals surface area contributed by atoms with Crippen LogP contribution in [0, 0.1) is 0 Å². The van der Waals surface area contributed by atoms with Crippen molar-refractivity contribution in [2.75, 3.05) is 11.4 Å². The third-order valence-corrected chi connectivity index (χ3v) is 3.38. The number of benzene rings is 1. The highest BCUT2D eigenvalue weighted by Gasteiger charge is 2.35. The summed E-state index contributed by atoms with van der Waals surface area (Å²) in [5.74, 6) is -0.360. The maximum absolute atomic E-state index is 12.8. The summed E-state index contributed by atoms with van der Waals surface area (Å²) >= 11 is 5.54. The number of hydrogen-bond acceptors (Lipinski definition) is 2. The van der Waals surface area contributed by atoms with Crippen molar-refractivity contribution in [1.29, 1.82) is 0 Å². The second-order valence-corrected chi connectivity index (χ2v) is 4.81. The molecule has 0 spiro atoms. The van der Waals surface area contributed by atoms with E-state index in [4.69, 9.17) is 17.3 Å². The number of carbonyl (C=O) groups is 1. The standard InChI is InChI=1S/C12H12ClF3N2O/c13-9-4-3-7(6-8(9)12(14,15)16)18-5-1-2-10(17)11(18)19/h3-4,6,10H,1-2,5,17H2. The van der Waals surface area contributed by atoms with Crippen molar-refractivity contribution < 1.29 is 18.0 Å². The van der Waals surface area contributed by atoms with Gasteiger partial charge >= 0.3 is 6.18 Å². The first kappa shape index (κ1) is 14.1. The van der Waals surface area contributed by atoms with Gasteiger partial charge in [0.1, 0.15) is 0 Å². The topological polar surface area (TPSA) is 46.3 Å². The Hall–Kier alpha value is -1.27. The van der Waals surface area contributed by atoms with Crippen LogP contribution in [0.15, 0.2) is 18.2 Å². The smallest absolute Gasteiger partial charge is 0.320 e. The highest BCUT2D eigenvalue weighted by atomic mass is 35.5. The molecule has 1 fully saturated rings. The lowest BCUT2D eigenvalue weighted by atomic mass is 10.0. The first-order valence-corrected chi connectivity index (χ1v) is 6.12. The van der Waals surface area contributed by atoms with Crippen molar-refractivity contribution in [2.45, 2.75) is 25.1 Å². The van der Waals surface area contributed by atoms with Crippen LogP contribution in [-0.4, -0.2) is 18.5 Å². The van der Waals surface area contributed by atoms with E-state index in [-0.39, 0.29) is 16.6 Å². The number of anilines is 1. The van der Waals surface area contributed by atoms with E-state index in [1.54, 1.807) is 0 Å². The first-order valence-electron chi connectivity index (χ1n) is 5.74. The van der Waals surface area contributed by atoms with Crippen molar-refractivity contribution in [1.82, 2.24) is 0 Å². The molecule has 1 aliphatic heterocycles. The van der Waals surface area contributed by atoms with Crippen LogP contribution in [0.1, 0.15) is 18.4 Å². The van der Waals surface area contributed by atoms with Crippen molar-refractivity contribution in [3.63, 3.8) is 0 Å². The van der Waals surface area contributed by atoms with E-state index in [9.17, 15) is 18.0 Å². The van der Waals surface area contributed by atoms with E-state index in [1.165, 1.54) is 11.0 Å². The lowest BCUT2D eigenvalue weighted by Gasteiger charge is -2.31. The Morgan fingerprint density at radius 3 is 2.68 bits per heavy atom. The van der Waals surface area contributed by atoms with Gasteiger partial charge < -0.3 is 10.6 Å². The van der Waals surface area contributed by atoms with Crippen LogP contribution in [0.5, 0.6) is 0 Å². The molecule has 7 heteroatoms. The zero-order valence-corrected chi connectivity index (χ0v) is 10.6. The molecule has 2 rings (SSSR count). The fourth-order valence-electron chi connectivity index (χ4n) is 2.06. The average Bonchev–Trinajstić information content (AvgIpc) is 2.32. The Balaban J connectivity index is 2.38. The summed E-state index contributed by atoms with van der Waals surface area (Å²) in [4.78, 5) is 13.1. The maximum atomic E-state index is 12.8. The average molecular weight is 293 g/mol. The number of nitrogens with zero attached hydrogens (tertiary/aromatic N) is 1. The maximum Gasteiger partial charge on any atom is 0.417 e. The van der Waals surface area contributed by atoms with Crippen LogP contribution in [0.4, 0.5) is 18.9 Å². The van der Waals surface area contributed by atoms with E-state index in [2.05, 4.69) is 0 Å². The molecule has 1 aliphatic rings. The van der Waals surface area contributed by atoms with Gasteiger partial charge in [-0.1, -0.05) is 11.6 Å². The summed E-state index contributed by atoms with van der Waals surface area (Å²) in [6, 6.07) is 2.78. The normalized spacial score (nSPS) is 20.8. The van der Waals surface area contributed by atoms with Crippen LogP contribution in [-0.2, 0) is 11.0 Å². The molecule has 0 saturated carbocycles. The summed E-state index contributed by atoms with van der Waals surface area (Å²) in [7, 11) is 0. The second-order valence-electron chi connectivity index (χ2n) is 4.40. The van der Waals surface area contributed by atoms with E-state index in [0.717, 1.165) is 12.1 Å². The molecule has 104 valence electrons. The fourth-order valence-corrected chi connectivity index (χ4v) is 2.28. The van der Waals surface area contributed by atoms with Gasteiger partial charge in [0, 0.05) is 12.2 Å². The molecular formula is C12H12ClF3N2O. The Labute approximate surface area is 113 Å². The van der Waals surface area contributed by atoms with Crippen LogP contribution in [0.3, 0.4) is 0 Å². The monoisotopic (exact) mass is 292 g/mol. The summed E-state index contributed by atoms with van der Waals surface area (Å²) in [5.41, 5.74) is 4.85. The molecule has 1 unspecified atom stereocenters. The largest absolute Gasteiger partial charge is 0.417 e. The van der Waals surface area contributed by atoms with Crippen molar-refractivity contribution in [3.05, 3.63) is 28.8 Å². The van der Waals surface area contributed by atoms with E-state index in [0.29, 0.717) is 19.4 Å². The molecule has 3 nitrogen and oxygen atoms in total. The number of amides is 1. The quantitative estimate of drug-likeness (QED) is 0.865. The molecule has 1 atom stereocenters. The molecule has 0 aromatic heterocycles. The number of rotatable bonds is 1. The zero-order valence-electron chi connectivity index (χ0n) is 9.88. The predicted octanol–water partition coefficient (Wildman–Crippen LogP) is 2.81. The third-order valence-electron chi connectivity index (χ3n) is 3.05. The molecular weight excluding hydrogens is 281 g/mol. The highest BCUT2D eigenvalue weighted by Crippen LogP contribution is 2.37. The molecule has 1 aromatic rings. The minimum absolute atomic E-state index is 0.178. The summed E-state index contributed by atoms with van der Waals surface area (Å²) < 4.78 is 38.3. The van der Waals surface area contributed by atoms with Crippen LogP contribution in [0.2, 0.25) is 5.02 Å². The van der Waals surface area contributed by atoms with Gasteiger partial charge in [-0.3, -0.25) is 4.79 Å². The number of halogens is 4. The number of carbonyl (C=O) groups excluding carboxylic acids is 1. The lowest BCUT2D eigenvalue weighted by molar-refractivity contribution is -0.137. The van der Waals surface area contributed by atoms with E-state index >= 15 is 0 Å². The van der Waals surface area contributed by atoms with Crippen LogP contribution < -0.4 is 10.6 Å². The highest BCUT2D eigenvalue weighted by molar-refractivity contribution is 6.31. The fraction of sp³-hybridized carbons (Fsp3) is 0.417. The number of piperidine rings is 1. The van der Waals surface area contributed by atoms with Gasteiger partial charge in [-0.05, 0) is 31.0 Å². The zero-order chi connectivity index (χ0) is 14.2. The summed E-state index contributed by atoms with van der Waals surface area (Å²) in [6.07, 6.45) is -3.33. The molecule has 1 saturated heterocycles. The van der Waals surface area contributed by atoms with Crippen LogP contribution >= 0.6 is 11.6 Å². The summed E-state index contributed by atoms with van der Waals surface area (Å²) in [5, 5.41) is -0.384. The molecule has 1 amide bonds. The van der Waals surface area contributed by atoms with Gasteiger partial charge in [-0.25, -0.2) is 0 Å². The molecule has 1 heterocycles. The minimum Gasteiger partial charge on any atom is -0.320 e.